The van der Waals surface area contributed by atoms with Crippen molar-refractivity contribution in [2.75, 3.05) is 37.9 Å². The number of nitrogens with zero attached hydrogens (tertiary/aromatic N) is 3. The highest BCUT2D eigenvalue weighted by atomic mass is 16.7. The molecule has 7 nitrogen and oxygen atoms in total. The third-order valence-corrected chi connectivity index (χ3v) is 7.03. The molecule has 0 spiro atoms. The van der Waals surface area contributed by atoms with Gasteiger partial charge in [0.25, 0.3) is 5.91 Å². The topological polar surface area (TPSA) is 62.3 Å². The maximum atomic E-state index is 13.7. The summed E-state index contributed by atoms with van der Waals surface area (Å²) in [5.74, 6) is 1.47. The summed E-state index contributed by atoms with van der Waals surface area (Å²) >= 11 is 0. The van der Waals surface area contributed by atoms with Crippen LogP contribution in [-0.2, 0) is 17.8 Å². The van der Waals surface area contributed by atoms with Gasteiger partial charge in [0.2, 0.25) is 12.7 Å². The van der Waals surface area contributed by atoms with Crippen LogP contribution in [0.2, 0.25) is 0 Å². The van der Waals surface area contributed by atoms with Crippen LogP contribution in [0.1, 0.15) is 21.5 Å². The fourth-order valence-corrected chi connectivity index (χ4v) is 5.19. The van der Waals surface area contributed by atoms with E-state index in [1.807, 2.05) is 59.5 Å². The van der Waals surface area contributed by atoms with Crippen LogP contribution in [0.3, 0.4) is 0 Å². The Hall–Kier alpha value is -3.84. The normalized spacial score (nSPS) is 19.0. The first-order chi connectivity index (χ1) is 17.2. The number of fused-ring (bicyclic) bond motifs is 2. The van der Waals surface area contributed by atoms with Gasteiger partial charge in [0.05, 0.1) is 0 Å². The van der Waals surface area contributed by atoms with Gasteiger partial charge < -0.3 is 14.4 Å². The zero-order valence-corrected chi connectivity index (χ0v) is 19.4. The smallest absolute Gasteiger partial charge is 0.259 e. The number of carbonyl (C=O) groups excluding carboxylic acids is 2. The lowest BCUT2D eigenvalue weighted by Gasteiger charge is -2.37. The quantitative estimate of drug-likeness (QED) is 0.587. The van der Waals surface area contributed by atoms with E-state index in [-0.39, 0.29) is 18.6 Å². The predicted octanol–water partition coefficient (Wildman–Crippen LogP) is 3.33. The summed E-state index contributed by atoms with van der Waals surface area (Å²) in [6.45, 7) is 3.92. The summed E-state index contributed by atoms with van der Waals surface area (Å²) in [4.78, 5) is 33.1. The minimum absolute atomic E-state index is 0.0215. The summed E-state index contributed by atoms with van der Waals surface area (Å²) in [6, 6.07) is 22.6. The molecule has 0 radical (unpaired) electrons. The SMILES string of the molecule is O=C(C1Cc2ccccc2N1C(=O)c1ccccc1)N1CCN(Cc2ccc3c(c2)OCO3)CC1. The lowest BCUT2D eigenvalue weighted by molar-refractivity contribution is -0.134. The van der Waals surface area contributed by atoms with Crippen molar-refractivity contribution in [3.63, 3.8) is 0 Å². The van der Waals surface area contributed by atoms with Gasteiger partial charge in [-0.25, -0.2) is 0 Å². The lowest BCUT2D eigenvalue weighted by Crippen LogP contribution is -2.55. The van der Waals surface area contributed by atoms with E-state index < -0.39 is 6.04 Å². The molecule has 3 aromatic carbocycles. The van der Waals surface area contributed by atoms with Crippen molar-refractivity contribution >= 4 is 17.5 Å². The number of benzene rings is 3. The number of ether oxygens (including phenoxy) is 2. The van der Waals surface area contributed by atoms with Gasteiger partial charge >= 0.3 is 0 Å². The Morgan fingerprint density at radius 3 is 2.40 bits per heavy atom. The van der Waals surface area contributed by atoms with E-state index in [1.165, 1.54) is 5.56 Å². The van der Waals surface area contributed by atoms with E-state index in [0.29, 0.717) is 25.1 Å². The highest BCUT2D eigenvalue weighted by molar-refractivity contribution is 6.11. The molecule has 1 saturated heterocycles. The highest BCUT2D eigenvalue weighted by Crippen LogP contribution is 2.35. The second-order valence-electron chi connectivity index (χ2n) is 9.18. The van der Waals surface area contributed by atoms with Gasteiger partial charge in [-0.3, -0.25) is 19.4 Å². The van der Waals surface area contributed by atoms with Crippen LogP contribution in [0.25, 0.3) is 0 Å². The third kappa shape index (κ3) is 4.12. The average molecular weight is 470 g/mol. The first kappa shape index (κ1) is 21.7. The van der Waals surface area contributed by atoms with E-state index in [4.69, 9.17) is 9.47 Å². The molecule has 3 aromatic rings. The van der Waals surface area contributed by atoms with Crippen molar-refractivity contribution in [2.45, 2.75) is 19.0 Å². The van der Waals surface area contributed by atoms with Gasteiger partial charge in [-0.15, -0.1) is 0 Å². The van der Waals surface area contributed by atoms with Gasteiger partial charge in [0, 0.05) is 50.4 Å². The van der Waals surface area contributed by atoms with Crippen LogP contribution < -0.4 is 14.4 Å². The van der Waals surface area contributed by atoms with Crippen molar-refractivity contribution in [1.29, 1.82) is 0 Å². The summed E-state index contributed by atoms with van der Waals surface area (Å²) < 4.78 is 10.9. The monoisotopic (exact) mass is 469 g/mol. The summed E-state index contributed by atoms with van der Waals surface area (Å²) in [5, 5.41) is 0. The van der Waals surface area contributed by atoms with Crippen LogP contribution in [-0.4, -0.2) is 60.6 Å². The van der Waals surface area contributed by atoms with Crippen LogP contribution in [0.15, 0.2) is 72.8 Å². The Balaban J connectivity index is 1.14. The molecule has 0 bridgehead atoms. The lowest BCUT2D eigenvalue weighted by atomic mass is 10.1. The number of para-hydroxylation sites is 1. The van der Waals surface area contributed by atoms with Gasteiger partial charge in [-0.1, -0.05) is 42.5 Å². The number of amides is 2. The third-order valence-electron chi connectivity index (χ3n) is 7.03. The van der Waals surface area contributed by atoms with Gasteiger partial charge in [-0.05, 0) is 41.5 Å². The predicted molar refractivity (Wildman–Crippen MR) is 132 cm³/mol. The van der Waals surface area contributed by atoms with Crippen molar-refractivity contribution < 1.29 is 19.1 Å². The van der Waals surface area contributed by atoms with Crippen LogP contribution in [0.4, 0.5) is 5.69 Å². The Labute approximate surface area is 204 Å². The molecule has 0 N–H and O–H groups in total. The molecule has 0 aliphatic carbocycles. The first-order valence-electron chi connectivity index (χ1n) is 12.0. The van der Waals surface area contributed by atoms with E-state index in [0.717, 1.165) is 42.4 Å². The molecular formula is C28H27N3O4. The Morgan fingerprint density at radius 2 is 1.57 bits per heavy atom. The number of hydrogen-bond donors (Lipinski definition) is 0. The fourth-order valence-electron chi connectivity index (χ4n) is 5.19. The minimum Gasteiger partial charge on any atom is -0.454 e. The number of anilines is 1. The summed E-state index contributed by atoms with van der Waals surface area (Å²) in [6.07, 6.45) is 0.547. The maximum Gasteiger partial charge on any atom is 0.259 e. The van der Waals surface area contributed by atoms with E-state index in [2.05, 4.69) is 11.0 Å². The van der Waals surface area contributed by atoms with Crippen LogP contribution in [0.5, 0.6) is 11.5 Å². The molecule has 3 heterocycles. The molecule has 3 aliphatic rings. The van der Waals surface area contributed by atoms with Crippen molar-refractivity contribution in [3.8, 4) is 11.5 Å². The number of rotatable bonds is 4. The molecule has 6 rings (SSSR count). The second kappa shape index (κ2) is 9.07. The second-order valence-corrected chi connectivity index (χ2v) is 9.18. The standard InChI is InChI=1S/C28H27N3O4/c32-27(21-6-2-1-3-7-21)31-23-9-5-4-8-22(23)17-24(31)28(33)30-14-12-29(13-15-30)18-20-10-11-25-26(16-20)35-19-34-25/h1-11,16,24H,12-15,17-19H2. The number of piperazine rings is 1. The molecular weight excluding hydrogens is 442 g/mol. The van der Waals surface area contributed by atoms with E-state index in [1.54, 1.807) is 17.0 Å². The summed E-state index contributed by atoms with van der Waals surface area (Å²) in [7, 11) is 0. The first-order valence-corrected chi connectivity index (χ1v) is 12.0. The molecule has 3 aliphatic heterocycles. The van der Waals surface area contributed by atoms with Gasteiger partial charge in [-0.2, -0.15) is 0 Å². The average Bonchev–Trinajstić information content (AvgIpc) is 3.53. The molecule has 1 unspecified atom stereocenters. The highest BCUT2D eigenvalue weighted by Gasteiger charge is 2.41. The Bertz CT molecular complexity index is 1250. The van der Waals surface area contributed by atoms with E-state index in [9.17, 15) is 9.59 Å². The molecule has 1 atom stereocenters. The van der Waals surface area contributed by atoms with Crippen LogP contribution in [0, 0.1) is 0 Å². The molecule has 178 valence electrons. The zero-order valence-electron chi connectivity index (χ0n) is 19.4. The maximum absolute atomic E-state index is 13.7. The molecule has 7 heteroatoms. The minimum atomic E-state index is -0.513. The molecule has 0 aromatic heterocycles. The Kier molecular flexibility index (Phi) is 5.62. The Morgan fingerprint density at radius 1 is 0.829 bits per heavy atom. The van der Waals surface area contributed by atoms with Crippen LogP contribution >= 0.6 is 0 Å². The van der Waals surface area contributed by atoms with Gasteiger partial charge in [0.1, 0.15) is 6.04 Å². The number of carbonyl (C=O) groups is 2. The molecule has 2 amide bonds. The fraction of sp³-hybridized carbons (Fsp3) is 0.286. The van der Waals surface area contributed by atoms with Gasteiger partial charge in [0.15, 0.2) is 11.5 Å². The molecule has 0 saturated carbocycles. The largest absolute Gasteiger partial charge is 0.454 e. The number of hydrogen-bond acceptors (Lipinski definition) is 5. The summed E-state index contributed by atoms with van der Waals surface area (Å²) in [5.41, 5.74) is 3.63. The van der Waals surface area contributed by atoms with Crippen molar-refractivity contribution in [3.05, 3.63) is 89.5 Å². The van der Waals surface area contributed by atoms with Crippen molar-refractivity contribution in [1.82, 2.24) is 9.80 Å². The molecule has 1 fully saturated rings. The molecule has 35 heavy (non-hydrogen) atoms. The zero-order chi connectivity index (χ0) is 23.8. The van der Waals surface area contributed by atoms with E-state index >= 15 is 0 Å². The van der Waals surface area contributed by atoms with Crippen molar-refractivity contribution in [2.24, 2.45) is 0 Å².